The molecule has 0 aromatic heterocycles. The zero-order chi connectivity index (χ0) is 15.4. The summed E-state index contributed by atoms with van der Waals surface area (Å²) in [6.07, 6.45) is 0. The number of rotatable bonds is 4. The molecule has 7 heteroatoms. The SMILES string of the molecule is Nc1cc(F)cc(SCC(=O)Nc2c(F)cccc2F)c1. The Kier molecular flexibility index (Phi) is 4.74. The molecule has 2 aromatic carbocycles. The minimum atomic E-state index is -0.858. The van der Waals surface area contributed by atoms with Crippen LogP contribution in [0, 0.1) is 17.5 Å². The van der Waals surface area contributed by atoms with Crippen LogP contribution in [0.15, 0.2) is 41.3 Å². The van der Waals surface area contributed by atoms with Gasteiger partial charge in [-0.05, 0) is 30.3 Å². The standard InChI is InChI=1S/C14H11F3N2OS/c15-8-4-9(18)6-10(5-8)21-7-13(20)19-14-11(16)2-1-3-12(14)17/h1-6H,7,18H2,(H,19,20). The summed E-state index contributed by atoms with van der Waals surface area (Å²) >= 11 is 1.01. The van der Waals surface area contributed by atoms with Crippen LogP contribution in [0.1, 0.15) is 0 Å². The molecule has 0 heterocycles. The van der Waals surface area contributed by atoms with Crippen LogP contribution in [0.5, 0.6) is 0 Å². The molecule has 2 aromatic rings. The molecule has 0 aliphatic rings. The van der Waals surface area contributed by atoms with Gasteiger partial charge >= 0.3 is 0 Å². The van der Waals surface area contributed by atoms with Gasteiger partial charge in [0.15, 0.2) is 0 Å². The van der Waals surface area contributed by atoms with E-state index in [-0.39, 0.29) is 11.4 Å². The molecule has 0 saturated carbocycles. The summed E-state index contributed by atoms with van der Waals surface area (Å²) in [5.74, 6) is -2.96. The number of nitrogens with two attached hydrogens (primary N) is 1. The van der Waals surface area contributed by atoms with Gasteiger partial charge in [0.25, 0.3) is 0 Å². The number of hydrogen-bond donors (Lipinski definition) is 2. The van der Waals surface area contributed by atoms with Crippen LogP contribution >= 0.6 is 11.8 Å². The summed E-state index contributed by atoms with van der Waals surface area (Å²) in [6.45, 7) is 0. The van der Waals surface area contributed by atoms with Crippen molar-refractivity contribution in [2.24, 2.45) is 0 Å². The summed E-state index contributed by atoms with van der Waals surface area (Å²) < 4.78 is 39.8. The van der Waals surface area contributed by atoms with Gasteiger partial charge in [0, 0.05) is 10.6 Å². The normalized spacial score (nSPS) is 10.4. The molecule has 21 heavy (non-hydrogen) atoms. The van der Waals surface area contributed by atoms with Gasteiger partial charge in [-0.25, -0.2) is 13.2 Å². The molecule has 0 spiro atoms. The average Bonchev–Trinajstić information content (AvgIpc) is 2.40. The first kappa shape index (κ1) is 15.2. The summed E-state index contributed by atoms with van der Waals surface area (Å²) in [5.41, 5.74) is 5.21. The van der Waals surface area contributed by atoms with E-state index in [0.717, 1.165) is 30.0 Å². The quantitative estimate of drug-likeness (QED) is 0.672. The topological polar surface area (TPSA) is 55.1 Å². The molecule has 0 atom stereocenters. The van der Waals surface area contributed by atoms with Gasteiger partial charge in [0.2, 0.25) is 5.91 Å². The number of carbonyl (C=O) groups excluding carboxylic acids is 1. The predicted molar refractivity (Wildman–Crippen MR) is 76.5 cm³/mol. The number of anilines is 2. The lowest BCUT2D eigenvalue weighted by Crippen LogP contribution is -2.16. The van der Waals surface area contributed by atoms with E-state index in [0.29, 0.717) is 4.90 Å². The molecular formula is C14H11F3N2OS. The largest absolute Gasteiger partial charge is 0.399 e. The maximum Gasteiger partial charge on any atom is 0.234 e. The van der Waals surface area contributed by atoms with Crippen LogP contribution < -0.4 is 11.1 Å². The molecule has 0 saturated heterocycles. The van der Waals surface area contributed by atoms with Crippen molar-refractivity contribution in [3.8, 4) is 0 Å². The fraction of sp³-hybridized carbons (Fsp3) is 0.0714. The van der Waals surface area contributed by atoms with Crippen molar-refractivity contribution in [3.63, 3.8) is 0 Å². The van der Waals surface area contributed by atoms with Crippen molar-refractivity contribution in [1.82, 2.24) is 0 Å². The molecule has 3 N–H and O–H groups in total. The summed E-state index contributed by atoms with van der Waals surface area (Å²) in [5, 5.41) is 2.14. The summed E-state index contributed by atoms with van der Waals surface area (Å²) in [4.78, 5) is 12.1. The van der Waals surface area contributed by atoms with Crippen LogP contribution in [0.3, 0.4) is 0 Å². The van der Waals surface area contributed by atoms with Crippen LogP contribution in [0.25, 0.3) is 0 Å². The van der Waals surface area contributed by atoms with Gasteiger partial charge in [0.05, 0.1) is 5.75 Å². The second kappa shape index (κ2) is 6.53. The second-order valence-corrected chi connectivity index (χ2v) is 5.20. The molecule has 1 amide bonds. The lowest BCUT2D eigenvalue weighted by molar-refractivity contribution is -0.113. The first-order chi connectivity index (χ1) is 9.95. The van der Waals surface area contributed by atoms with E-state index in [1.807, 2.05) is 0 Å². The van der Waals surface area contributed by atoms with E-state index in [1.54, 1.807) is 0 Å². The van der Waals surface area contributed by atoms with Crippen LogP contribution in [0.4, 0.5) is 24.5 Å². The molecule has 0 radical (unpaired) electrons. The number of amides is 1. The van der Waals surface area contributed by atoms with E-state index in [9.17, 15) is 18.0 Å². The number of nitrogens with one attached hydrogen (secondary N) is 1. The van der Waals surface area contributed by atoms with Crippen molar-refractivity contribution >= 4 is 29.0 Å². The van der Waals surface area contributed by atoms with Crippen molar-refractivity contribution in [1.29, 1.82) is 0 Å². The Labute approximate surface area is 123 Å². The third-order valence-corrected chi connectivity index (χ3v) is 3.47. The highest BCUT2D eigenvalue weighted by atomic mass is 32.2. The highest BCUT2D eigenvalue weighted by Gasteiger charge is 2.12. The maximum atomic E-state index is 13.4. The number of nitrogen functional groups attached to an aromatic ring is 1. The zero-order valence-electron chi connectivity index (χ0n) is 10.7. The Morgan fingerprint density at radius 1 is 1.14 bits per heavy atom. The number of carbonyl (C=O) groups is 1. The Hall–Kier alpha value is -2.15. The molecule has 110 valence electrons. The Morgan fingerprint density at radius 2 is 1.81 bits per heavy atom. The Bertz CT molecular complexity index is 639. The number of thioether (sulfide) groups is 1. The Balaban J connectivity index is 1.99. The van der Waals surface area contributed by atoms with E-state index in [2.05, 4.69) is 5.32 Å². The van der Waals surface area contributed by atoms with Gasteiger partial charge in [-0.2, -0.15) is 0 Å². The van der Waals surface area contributed by atoms with Crippen LogP contribution in [-0.2, 0) is 4.79 Å². The second-order valence-electron chi connectivity index (χ2n) is 4.15. The third-order valence-electron chi connectivity index (χ3n) is 2.49. The number of benzene rings is 2. The smallest absolute Gasteiger partial charge is 0.234 e. The van der Waals surface area contributed by atoms with Crippen molar-refractivity contribution in [2.75, 3.05) is 16.8 Å². The molecule has 0 unspecified atom stereocenters. The van der Waals surface area contributed by atoms with Gasteiger partial charge in [-0.1, -0.05) is 6.07 Å². The molecule has 0 fully saturated rings. The average molecular weight is 312 g/mol. The van der Waals surface area contributed by atoms with Crippen LogP contribution in [0.2, 0.25) is 0 Å². The monoisotopic (exact) mass is 312 g/mol. The number of hydrogen-bond acceptors (Lipinski definition) is 3. The van der Waals surface area contributed by atoms with Gasteiger partial charge in [-0.15, -0.1) is 11.8 Å². The van der Waals surface area contributed by atoms with Gasteiger partial charge in [0.1, 0.15) is 23.1 Å². The maximum absolute atomic E-state index is 13.4. The molecule has 0 bridgehead atoms. The van der Waals surface area contributed by atoms with E-state index in [4.69, 9.17) is 5.73 Å². The minimum absolute atomic E-state index is 0.128. The van der Waals surface area contributed by atoms with Crippen molar-refractivity contribution in [2.45, 2.75) is 4.90 Å². The zero-order valence-corrected chi connectivity index (χ0v) is 11.5. The fourth-order valence-electron chi connectivity index (χ4n) is 1.61. The molecule has 2 rings (SSSR count). The number of para-hydroxylation sites is 1. The summed E-state index contributed by atoms with van der Waals surface area (Å²) in [6, 6.07) is 7.16. The molecule has 0 aliphatic heterocycles. The first-order valence-electron chi connectivity index (χ1n) is 5.88. The third kappa shape index (κ3) is 4.16. The molecular weight excluding hydrogens is 301 g/mol. The number of halogens is 3. The summed E-state index contributed by atoms with van der Waals surface area (Å²) in [7, 11) is 0. The van der Waals surface area contributed by atoms with Gasteiger partial charge < -0.3 is 11.1 Å². The molecule has 3 nitrogen and oxygen atoms in total. The fourth-order valence-corrected chi connectivity index (χ4v) is 2.39. The highest BCUT2D eigenvalue weighted by Crippen LogP contribution is 2.23. The first-order valence-corrected chi connectivity index (χ1v) is 6.87. The van der Waals surface area contributed by atoms with E-state index >= 15 is 0 Å². The van der Waals surface area contributed by atoms with E-state index in [1.165, 1.54) is 18.2 Å². The molecule has 0 aliphatic carbocycles. The lowest BCUT2D eigenvalue weighted by Gasteiger charge is -2.07. The van der Waals surface area contributed by atoms with Crippen LogP contribution in [-0.4, -0.2) is 11.7 Å². The van der Waals surface area contributed by atoms with Crippen molar-refractivity contribution in [3.05, 3.63) is 53.8 Å². The van der Waals surface area contributed by atoms with Crippen molar-refractivity contribution < 1.29 is 18.0 Å². The minimum Gasteiger partial charge on any atom is -0.399 e. The predicted octanol–water partition coefficient (Wildman–Crippen LogP) is 3.42. The van der Waals surface area contributed by atoms with E-state index < -0.39 is 29.0 Å². The Morgan fingerprint density at radius 3 is 2.43 bits per heavy atom. The lowest BCUT2D eigenvalue weighted by atomic mass is 10.3. The highest BCUT2D eigenvalue weighted by molar-refractivity contribution is 8.00. The van der Waals surface area contributed by atoms with Gasteiger partial charge in [-0.3, -0.25) is 4.79 Å².